The Hall–Kier alpha value is -2.77. The Labute approximate surface area is 191 Å². The molecule has 1 saturated heterocycles. The van der Waals surface area contributed by atoms with Crippen molar-refractivity contribution < 1.29 is 4.79 Å². The van der Waals surface area contributed by atoms with Crippen LogP contribution in [0.15, 0.2) is 30.6 Å². The van der Waals surface area contributed by atoms with E-state index in [0.717, 1.165) is 70.4 Å². The fourth-order valence-electron chi connectivity index (χ4n) is 4.75. The summed E-state index contributed by atoms with van der Waals surface area (Å²) in [5.74, 6) is 4.24. The average Bonchev–Trinajstić information content (AvgIpc) is 3.20. The van der Waals surface area contributed by atoms with E-state index in [2.05, 4.69) is 59.0 Å². The summed E-state index contributed by atoms with van der Waals surface area (Å²) >= 11 is 0. The summed E-state index contributed by atoms with van der Waals surface area (Å²) < 4.78 is 1.99. The van der Waals surface area contributed by atoms with Crippen LogP contribution in [0.1, 0.15) is 45.8 Å². The number of carbonyl (C=O) groups is 1. The first-order valence-corrected chi connectivity index (χ1v) is 12.4. The number of aryl methyl sites for hydroxylation is 2. The number of nitrogens with zero attached hydrogens (tertiary/aromatic N) is 5. The SMILES string of the molecule is C=S1C(=O)c2cc(N3CCC(N(C)C)CC3)ccc2C=C1c1cn2cc(C)nc(C)c2n1. The summed E-state index contributed by atoms with van der Waals surface area (Å²) in [5, 5.41) is 0.0885. The Bertz CT molecular complexity index is 1280. The molecule has 0 spiro atoms. The highest BCUT2D eigenvalue weighted by atomic mass is 32.2. The number of carbonyl (C=O) groups excluding carboxylic acids is 1. The fourth-order valence-corrected chi connectivity index (χ4v) is 6.01. The van der Waals surface area contributed by atoms with Crippen molar-refractivity contribution in [3.8, 4) is 0 Å². The van der Waals surface area contributed by atoms with Gasteiger partial charge in [0.15, 0.2) is 5.65 Å². The van der Waals surface area contributed by atoms with Gasteiger partial charge in [-0.15, -0.1) is 0 Å². The fraction of sp³-hybridized carbons (Fsp3) is 0.360. The van der Waals surface area contributed by atoms with Gasteiger partial charge >= 0.3 is 0 Å². The van der Waals surface area contributed by atoms with E-state index in [0.29, 0.717) is 6.04 Å². The lowest BCUT2D eigenvalue weighted by atomic mass is 10.0. The van der Waals surface area contributed by atoms with Gasteiger partial charge in [0.1, 0.15) is 0 Å². The second-order valence-electron chi connectivity index (χ2n) is 8.96. The molecular formula is C25H29N5OS. The zero-order chi connectivity index (χ0) is 22.6. The topological polar surface area (TPSA) is 53.7 Å². The van der Waals surface area contributed by atoms with Crippen LogP contribution < -0.4 is 4.90 Å². The molecule has 2 aliphatic heterocycles. The number of rotatable bonds is 3. The van der Waals surface area contributed by atoms with Crippen molar-refractivity contribution in [2.45, 2.75) is 32.7 Å². The van der Waals surface area contributed by atoms with Crippen molar-refractivity contribution in [3.63, 3.8) is 0 Å². The van der Waals surface area contributed by atoms with Gasteiger partial charge in [0.2, 0.25) is 5.12 Å². The normalized spacial score (nSPS) is 19.5. The molecule has 2 aliphatic rings. The quantitative estimate of drug-likeness (QED) is 0.563. The number of fused-ring (bicyclic) bond motifs is 2. The molecule has 4 heterocycles. The molecule has 1 unspecified atom stereocenters. The molecule has 166 valence electrons. The summed E-state index contributed by atoms with van der Waals surface area (Å²) in [4.78, 5) is 28.2. The smallest absolute Gasteiger partial charge is 0.218 e. The predicted molar refractivity (Wildman–Crippen MR) is 135 cm³/mol. The number of benzene rings is 1. The first kappa shape index (κ1) is 21.1. The van der Waals surface area contributed by atoms with Crippen LogP contribution in [0.4, 0.5) is 5.69 Å². The van der Waals surface area contributed by atoms with Crippen LogP contribution in [0.2, 0.25) is 0 Å². The van der Waals surface area contributed by atoms with Gasteiger partial charge < -0.3 is 14.2 Å². The lowest BCUT2D eigenvalue weighted by molar-refractivity contribution is 0.108. The highest BCUT2D eigenvalue weighted by molar-refractivity contribution is 8.34. The molecule has 0 radical (unpaired) electrons. The molecule has 2 aromatic heterocycles. The van der Waals surface area contributed by atoms with Crippen LogP contribution >= 0.6 is 10.5 Å². The predicted octanol–water partition coefficient (Wildman–Crippen LogP) is 4.23. The molecule has 6 nitrogen and oxygen atoms in total. The first-order valence-electron chi connectivity index (χ1n) is 11.0. The van der Waals surface area contributed by atoms with E-state index in [1.165, 1.54) is 0 Å². The summed E-state index contributed by atoms with van der Waals surface area (Å²) in [7, 11) is 3.51. The number of anilines is 1. The second kappa shape index (κ2) is 7.98. The molecule has 0 saturated carbocycles. The van der Waals surface area contributed by atoms with Crippen LogP contribution in [-0.2, 0) is 0 Å². The van der Waals surface area contributed by atoms with E-state index < -0.39 is 10.5 Å². The van der Waals surface area contributed by atoms with E-state index in [1.807, 2.05) is 30.6 Å². The van der Waals surface area contributed by atoms with Crippen molar-refractivity contribution in [3.05, 3.63) is 58.8 Å². The molecule has 0 bridgehead atoms. The molecule has 1 aromatic carbocycles. The third kappa shape index (κ3) is 3.59. The van der Waals surface area contributed by atoms with Crippen LogP contribution in [-0.4, -0.2) is 63.5 Å². The zero-order valence-corrected chi connectivity index (χ0v) is 19.9. The third-order valence-corrected chi connectivity index (χ3v) is 8.10. The maximum atomic E-state index is 13.3. The Balaban J connectivity index is 1.48. The van der Waals surface area contributed by atoms with E-state index in [-0.39, 0.29) is 5.12 Å². The van der Waals surface area contributed by atoms with Gasteiger partial charge in [0.05, 0.1) is 17.1 Å². The molecule has 32 heavy (non-hydrogen) atoms. The Kier molecular flexibility index (Phi) is 5.26. The van der Waals surface area contributed by atoms with Gasteiger partial charge in [-0.1, -0.05) is 22.4 Å². The second-order valence-corrected chi connectivity index (χ2v) is 10.6. The molecule has 3 aromatic rings. The summed E-state index contributed by atoms with van der Waals surface area (Å²) in [6.45, 7) is 5.96. The highest BCUT2D eigenvalue weighted by Crippen LogP contribution is 2.43. The first-order chi connectivity index (χ1) is 15.3. The van der Waals surface area contributed by atoms with Crippen LogP contribution in [0.3, 0.4) is 0 Å². The summed E-state index contributed by atoms with van der Waals surface area (Å²) in [6, 6.07) is 6.91. The lowest BCUT2D eigenvalue weighted by Crippen LogP contribution is -2.42. The standard InChI is InChI=1S/C25H29N5OS/c1-16-14-30-15-22(27-24(30)17(2)26-16)23-12-18-6-7-20(13-21(18)25(31)32(23)5)29-10-8-19(9-11-29)28(3)4/h6-7,12-15,19H,5,8-11H2,1-4H3. The van der Waals surface area contributed by atoms with Crippen molar-refractivity contribution in [2.24, 2.45) is 0 Å². The van der Waals surface area contributed by atoms with Gasteiger partial charge in [-0.2, -0.15) is 0 Å². The van der Waals surface area contributed by atoms with Crippen molar-refractivity contribution in [1.82, 2.24) is 19.3 Å². The van der Waals surface area contributed by atoms with Gasteiger partial charge in [0, 0.05) is 47.7 Å². The molecule has 1 atom stereocenters. The largest absolute Gasteiger partial charge is 0.371 e. The zero-order valence-electron chi connectivity index (χ0n) is 19.1. The van der Waals surface area contributed by atoms with Gasteiger partial charge in [-0.05, 0) is 64.6 Å². The molecule has 0 N–H and O–H groups in total. The van der Waals surface area contributed by atoms with Crippen LogP contribution in [0.5, 0.6) is 0 Å². The number of imidazole rings is 1. The van der Waals surface area contributed by atoms with E-state index in [9.17, 15) is 4.79 Å². The van der Waals surface area contributed by atoms with E-state index in [1.54, 1.807) is 0 Å². The molecule has 5 rings (SSSR count). The van der Waals surface area contributed by atoms with Crippen LogP contribution in [0, 0.1) is 13.8 Å². The van der Waals surface area contributed by atoms with Crippen molar-refractivity contribution >= 4 is 43.8 Å². The number of hydrogen-bond donors (Lipinski definition) is 0. The molecule has 7 heteroatoms. The maximum Gasteiger partial charge on any atom is 0.218 e. The van der Waals surface area contributed by atoms with Crippen molar-refractivity contribution in [2.75, 3.05) is 32.1 Å². The van der Waals surface area contributed by atoms with E-state index >= 15 is 0 Å². The maximum absolute atomic E-state index is 13.3. The third-order valence-electron chi connectivity index (χ3n) is 6.57. The number of piperidine rings is 1. The summed E-state index contributed by atoms with van der Waals surface area (Å²) in [6.07, 6.45) is 8.32. The average molecular weight is 448 g/mol. The lowest BCUT2D eigenvalue weighted by Gasteiger charge is -2.36. The molecule has 0 aliphatic carbocycles. The minimum atomic E-state index is -0.798. The number of hydrogen-bond acceptors (Lipinski definition) is 5. The Morgan fingerprint density at radius 2 is 1.88 bits per heavy atom. The van der Waals surface area contributed by atoms with Gasteiger partial charge in [-0.3, -0.25) is 9.78 Å². The molecule has 1 fully saturated rings. The minimum absolute atomic E-state index is 0.0885. The monoisotopic (exact) mass is 447 g/mol. The van der Waals surface area contributed by atoms with Crippen LogP contribution in [0.25, 0.3) is 16.6 Å². The van der Waals surface area contributed by atoms with E-state index in [4.69, 9.17) is 4.98 Å². The minimum Gasteiger partial charge on any atom is -0.371 e. The summed E-state index contributed by atoms with van der Waals surface area (Å²) in [5.41, 5.74) is 6.29. The molecular weight excluding hydrogens is 418 g/mol. The van der Waals surface area contributed by atoms with Gasteiger partial charge in [-0.25, -0.2) is 4.98 Å². The Morgan fingerprint density at radius 3 is 2.59 bits per heavy atom. The highest BCUT2D eigenvalue weighted by Gasteiger charge is 2.27. The Morgan fingerprint density at radius 1 is 1.12 bits per heavy atom. The number of aromatic nitrogens is 3. The van der Waals surface area contributed by atoms with Crippen molar-refractivity contribution in [1.29, 1.82) is 0 Å². The molecule has 0 amide bonds. The van der Waals surface area contributed by atoms with Gasteiger partial charge in [0.25, 0.3) is 0 Å².